The van der Waals surface area contributed by atoms with Crippen molar-refractivity contribution in [2.24, 2.45) is 5.92 Å². The number of carbonyl (C=O) groups excluding carboxylic acids is 1. The minimum Gasteiger partial charge on any atom is -0.481 e. The fourth-order valence-corrected chi connectivity index (χ4v) is 3.26. The Morgan fingerprint density at radius 2 is 2.08 bits per heavy atom. The summed E-state index contributed by atoms with van der Waals surface area (Å²) in [6.07, 6.45) is 0.980. The standard InChI is InChI=1S/C18H20BrN3O2/c1-12-16(7-8-17(20-12)24-2)21-18(23)22-10-13(11-22)9-14-5-3-4-6-15(14)19/h3-8,13H,9-11H2,1-2H3,(H,21,23). The van der Waals surface area contributed by atoms with Gasteiger partial charge in [-0.1, -0.05) is 34.1 Å². The highest BCUT2D eigenvalue weighted by atomic mass is 79.9. The Balaban J connectivity index is 1.52. The number of pyridine rings is 1. The highest BCUT2D eigenvalue weighted by Crippen LogP contribution is 2.26. The van der Waals surface area contributed by atoms with Crippen molar-refractivity contribution < 1.29 is 9.53 Å². The van der Waals surface area contributed by atoms with E-state index >= 15 is 0 Å². The van der Waals surface area contributed by atoms with Gasteiger partial charge in [0.05, 0.1) is 18.5 Å². The van der Waals surface area contributed by atoms with Crippen molar-refractivity contribution in [3.8, 4) is 5.88 Å². The minimum absolute atomic E-state index is 0.0755. The summed E-state index contributed by atoms with van der Waals surface area (Å²) in [4.78, 5) is 18.4. The number of nitrogens with one attached hydrogen (secondary N) is 1. The lowest BCUT2D eigenvalue weighted by Crippen LogP contribution is -2.52. The lowest BCUT2D eigenvalue weighted by molar-refractivity contribution is 0.131. The van der Waals surface area contributed by atoms with Crippen LogP contribution in [0.15, 0.2) is 40.9 Å². The van der Waals surface area contributed by atoms with Crippen molar-refractivity contribution in [3.05, 3.63) is 52.1 Å². The molecule has 0 unspecified atom stereocenters. The molecule has 24 heavy (non-hydrogen) atoms. The molecule has 1 aromatic heterocycles. The number of aryl methyl sites for hydroxylation is 1. The van der Waals surface area contributed by atoms with Crippen LogP contribution in [0.5, 0.6) is 5.88 Å². The third-order valence-electron chi connectivity index (χ3n) is 4.22. The Morgan fingerprint density at radius 3 is 2.75 bits per heavy atom. The maximum absolute atomic E-state index is 12.3. The van der Waals surface area contributed by atoms with Crippen molar-refractivity contribution in [1.82, 2.24) is 9.88 Å². The maximum Gasteiger partial charge on any atom is 0.321 e. The fourth-order valence-electron chi connectivity index (χ4n) is 2.82. The molecule has 1 aromatic carbocycles. The molecule has 0 radical (unpaired) electrons. The molecule has 0 atom stereocenters. The van der Waals surface area contributed by atoms with Gasteiger partial charge >= 0.3 is 6.03 Å². The van der Waals surface area contributed by atoms with Crippen molar-refractivity contribution >= 4 is 27.6 Å². The van der Waals surface area contributed by atoms with Crippen LogP contribution in [0.25, 0.3) is 0 Å². The number of ether oxygens (including phenoxy) is 1. The molecule has 1 N–H and O–H groups in total. The molecule has 0 bridgehead atoms. The minimum atomic E-state index is -0.0755. The van der Waals surface area contributed by atoms with Crippen LogP contribution in [-0.4, -0.2) is 36.1 Å². The molecule has 0 saturated carbocycles. The average Bonchev–Trinajstić information content (AvgIpc) is 2.53. The first-order chi connectivity index (χ1) is 11.6. The van der Waals surface area contributed by atoms with Crippen molar-refractivity contribution in [1.29, 1.82) is 0 Å². The first kappa shape index (κ1) is 16.8. The molecular formula is C18H20BrN3O2. The summed E-state index contributed by atoms with van der Waals surface area (Å²) in [5, 5.41) is 2.92. The molecule has 3 rings (SSSR count). The number of nitrogens with zero attached hydrogens (tertiary/aromatic N) is 2. The zero-order valence-corrected chi connectivity index (χ0v) is 15.3. The second-order valence-corrected chi connectivity index (χ2v) is 6.84. The molecule has 2 amide bonds. The zero-order chi connectivity index (χ0) is 17.1. The first-order valence-corrected chi connectivity index (χ1v) is 8.67. The maximum atomic E-state index is 12.3. The summed E-state index contributed by atoms with van der Waals surface area (Å²) in [6, 6.07) is 11.7. The smallest absolute Gasteiger partial charge is 0.321 e. The molecule has 6 heteroatoms. The summed E-state index contributed by atoms with van der Waals surface area (Å²) < 4.78 is 6.21. The number of hydrogen-bond acceptors (Lipinski definition) is 3. The first-order valence-electron chi connectivity index (χ1n) is 7.88. The SMILES string of the molecule is COc1ccc(NC(=O)N2CC(Cc3ccccc3Br)C2)c(C)n1. The summed E-state index contributed by atoms with van der Waals surface area (Å²) in [5.74, 6) is 1.05. The van der Waals surface area contributed by atoms with E-state index in [1.54, 1.807) is 13.2 Å². The second-order valence-electron chi connectivity index (χ2n) is 5.98. The second kappa shape index (κ2) is 7.21. The van der Waals surface area contributed by atoms with Gasteiger partial charge in [0.2, 0.25) is 5.88 Å². The van der Waals surface area contributed by atoms with Gasteiger partial charge in [-0.2, -0.15) is 0 Å². The predicted molar refractivity (Wildman–Crippen MR) is 97.5 cm³/mol. The van der Waals surface area contributed by atoms with E-state index < -0.39 is 0 Å². The average molecular weight is 390 g/mol. The number of amides is 2. The third-order valence-corrected chi connectivity index (χ3v) is 5.00. The predicted octanol–water partition coefficient (Wildman–Crippen LogP) is 3.87. The van der Waals surface area contributed by atoms with E-state index in [4.69, 9.17) is 4.74 Å². The van der Waals surface area contributed by atoms with Crippen LogP contribution in [0, 0.1) is 12.8 Å². The molecule has 1 fully saturated rings. The topological polar surface area (TPSA) is 54.5 Å². The lowest BCUT2D eigenvalue weighted by Gasteiger charge is -2.39. The van der Waals surface area contributed by atoms with Gasteiger partial charge in [0, 0.05) is 23.6 Å². The van der Waals surface area contributed by atoms with Gasteiger partial charge in [-0.25, -0.2) is 9.78 Å². The Labute approximate surface area is 150 Å². The summed E-state index contributed by atoms with van der Waals surface area (Å²) in [6.45, 7) is 3.40. The molecule has 126 valence electrons. The molecule has 5 nitrogen and oxygen atoms in total. The van der Waals surface area contributed by atoms with Gasteiger partial charge in [-0.05, 0) is 37.0 Å². The van der Waals surface area contributed by atoms with Crippen LogP contribution in [0.4, 0.5) is 10.5 Å². The third kappa shape index (κ3) is 3.70. The molecular weight excluding hydrogens is 370 g/mol. The van der Waals surface area contributed by atoms with E-state index in [0.717, 1.165) is 35.4 Å². The Bertz CT molecular complexity index is 745. The van der Waals surface area contributed by atoms with Gasteiger partial charge in [-0.15, -0.1) is 0 Å². The largest absolute Gasteiger partial charge is 0.481 e. The van der Waals surface area contributed by atoms with Crippen molar-refractivity contribution in [3.63, 3.8) is 0 Å². The van der Waals surface area contributed by atoms with Gasteiger partial charge in [0.1, 0.15) is 0 Å². The number of anilines is 1. The fraction of sp³-hybridized carbons (Fsp3) is 0.333. The van der Waals surface area contributed by atoms with E-state index in [0.29, 0.717) is 11.8 Å². The van der Waals surface area contributed by atoms with Crippen molar-refractivity contribution in [2.75, 3.05) is 25.5 Å². The number of urea groups is 1. The van der Waals surface area contributed by atoms with E-state index in [-0.39, 0.29) is 6.03 Å². The molecule has 2 heterocycles. The monoisotopic (exact) mass is 389 g/mol. The van der Waals surface area contributed by atoms with Crippen LogP contribution in [0.2, 0.25) is 0 Å². The highest BCUT2D eigenvalue weighted by molar-refractivity contribution is 9.10. The number of hydrogen-bond donors (Lipinski definition) is 1. The molecule has 0 spiro atoms. The van der Waals surface area contributed by atoms with Crippen molar-refractivity contribution in [2.45, 2.75) is 13.3 Å². The van der Waals surface area contributed by atoms with Gasteiger partial charge in [0.25, 0.3) is 0 Å². The zero-order valence-electron chi connectivity index (χ0n) is 13.8. The number of halogens is 1. The summed E-state index contributed by atoms with van der Waals surface area (Å²) >= 11 is 3.58. The van der Waals surface area contributed by atoms with E-state index in [9.17, 15) is 4.79 Å². The molecule has 1 saturated heterocycles. The number of methoxy groups -OCH3 is 1. The normalized spacial score (nSPS) is 14.2. The number of carbonyl (C=O) groups is 1. The van der Waals surface area contributed by atoms with Gasteiger partial charge in [-0.3, -0.25) is 0 Å². The molecule has 0 aliphatic carbocycles. The van der Waals surface area contributed by atoms with Crippen LogP contribution in [0.1, 0.15) is 11.3 Å². The Morgan fingerprint density at radius 1 is 1.33 bits per heavy atom. The lowest BCUT2D eigenvalue weighted by atomic mass is 9.92. The van der Waals surface area contributed by atoms with Crippen LogP contribution in [0.3, 0.4) is 0 Å². The molecule has 1 aliphatic heterocycles. The van der Waals surface area contributed by atoms with E-state index in [2.05, 4.69) is 38.4 Å². The quantitative estimate of drug-likeness (QED) is 0.863. The van der Waals surface area contributed by atoms with Gasteiger partial charge in [0.15, 0.2) is 0 Å². The Kier molecular flexibility index (Phi) is 5.04. The number of aromatic nitrogens is 1. The number of likely N-dealkylation sites (tertiary alicyclic amines) is 1. The molecule has 2 aromatic rings. The number of rotatable bonds is 4. The highest BCUT2D eigenvalue weighted by Gasteiger charge is 2.31. The van der Waals surface area contributed by atoms with Crippen LogP contribution < -0.4 is 10.1 Å². The number of benzene rings is 1. The van der Waals surface area contributed by atoms with E-state index in [1.807, 2.05) is 30.0 Å². The molecule has 1 aliphatic rings. The van der Waals surface area contributed by atoms with Gasteiger partial charge < -0.3 is 15.0 Å². The summed E-state index contributed by atoms with van der Waals surface area (Å²) in [5.41, 5.74) is 2.75. The van der Waals surface area contributed by atoms with Crippen LogP contribution in [-0.2, 0) is 6.42 Å². The van der Waals surface area contributed by atoms with E-state index in [1.165, 1.54) is 5.56 Å². The van der Waals surface area contributed by atoms with Crippen LogP contribution >= 0.6 is 15.9 Å². The summed E-state index contributed by atoms with van der Waals surface area (Å²) in [7, 11) is 1.57. The Hall–Kier alpha value is -2.08.